The van der Waals surface area contributed by atoms with E-state index in [-0.39, 0.29) is 10.6 Å². The average Bonchev–Trinajstić information content (AvgIpc) is 2.67. The highest BCUT2D eigenvalue weighted by Gasteiger charge is 2.26. The summed E-state index contributed by atoms with van der Waals surface area (Å²) in [6.07, 6.45) is 0.663. The number of nitrogens with zero attached hydrogens (tertiary/aromatic N) is 2. The first-order chi connectivity index (χ1) is 13.7. The van der Waals surface area contributed by atoms with Crippen molar-refractivity contribution in [3.63, 3.8) is 0 Å². The number of nitrogens with two attached hydrogens (primary N) is 1. The van der Waals surface area contributed by atoms with Crippen molar-refractivity contribution in [1.29, 1.82) is 0 Å². The maximum Gasteiger partial charge on any atom is 0.293 e. The van der Waals surface area contributed by atoms with Crippen molar-refractivity contribution < 1.29 is 22.8 Å². The zero-order valence-corrected chi connectivity index (χ0v) is 17.1. The Labute approximate surface area is 169 Å². The van der Waals surface area contributed by atoms with E-state index in [2.05, 4.69) is 0 Å². The van der Waals surface area contributed by atoms with Crippen LogP contribution in [0.4, 0.5) is 11.4 Å². The van der Waals surface area contributed by atoms with Gasteiger partial charge in [-0.1, -0.05) is 0 Å². The lowest BCUT2D eigenvalue weighted by atomic mass is 9.98. The third kappa shape index (κ3) is 4.43. The molecule has 0 amide bonds. The minimum atomic E-state index is -4.03. The average molecular weight is 421 g/mol. The van der Waals surface area contributed by atoms with Crippen molar-refractivity contribution in [2.45, 2.75) is 31.7 Å². The Balaban J connectivity index is 1.98. The van der Waals surface area contributed by atoms with Gasteiger partial charge in [-0.25, -0.2) is 13.6 Å². The lowest BCUT2D eigenvalue weighted by Crippen LogP contribution is -2.31. The maximum atomic E-state index is 11.6. The van der Waals surface area contributed by atoms with Crippen LogP contribution in [-0.4, -0.2) is 33.1 Å². The molecule has 2 aromatic rings. The molecule has 0 fully saturated rings. The molecule has 3 rings (SSSR count). The van der Waals surface area contributed by atoms with Gasteiger partial charge < -0.3 is 14.4 Å². The number of hydrogen-bond donors (Lipinski definition) is 1. The van der Waals surface area contributed by atoms with Gasteiger partial charge >= 0.3 is 0 Å². The van der Waals surface area contributed by atoms with Gasteiger partial charge in [-0.05, 0) is 55.7 Å². The third-order valence-corrected chi connectivity index (χ3v) is 5.60. The Morgan fingerprint density at radius 2 is 1.72 bits per heavy atom. The minimum Gasteiger partial charge on any atom is -0.490 e. The topological polar surface area (TPSA) is 125 Å². The molecule has 0 atom stereocenters. The summed E-state index contributed by atoms with van der Waals surface area (Å²) in [6, 6.07) is 7.59. The van der Waals surface area contributed by atoms with Crippen LogP contribution in [0.5, 0.6) is 11.5 Å². The molecular formula is C19H23N3O6S. The van der Waals surface area contributed by atoms with Gasteiger partial charge in [-0.3, -0.25) is 10.1 Å². The van der Waals surface area contributed by atoms with Gasteiger partial charge in [0, 0.05) is 19.2 Å². The quantitative estimate of drug-likeness (QED) is 0.538. The molecule has 0 saturated carbocycles. The van der Waals surface area contributed by atoms with Crippen molar-refractivity contribution in [3.05, 3.63) is 51.6 Å². The fourth-order valence-electron chi connectivity index (χ4n) is 3.40. The maximum absolute atomic E-state index is 11.6. The Morgan fingerprint density at radius 3 is 2.28 bits per heavy atom. The summed E-state index contributed by atoms with van der Waals surface area (Å²) in [4.78, 5) is 12.5. The normalized spacial score (nSPS) is 13.7. The van der Waals surface area contributed by atoms with Gasteiger partial charge in [-0.2, -0.15) is 0 Å². The first kappa shape index (κ1) is 20.9. The second-order valence-electron chi connectivity index (χ2n) is 6.56. The fourth-order valence-corrected chi connectivity index (χ4v) is 3.93. The molecule has 0 radical (unpaired) electrons. The van der Waals surface area contributed by atoms with Gasteiger partial charge in [0.2, 0.25) is 10.0 Å². The van der Waals surface area contributed by atoms with Crippen LogP contribution in [0.15, 0.2) is 35.2 Å². The Morgan fingerprint density at radius 1 is 1.10 bits per heavy atom. The van der Waals surface area contributed by atoms with Crippen LogP contribution >= 0.6 is 0 Å². The molecule has 156 valence electrons. The van der Waals surface area contributed by atoms with Crippen LogP contribution < -0.4 is 19.5 Å². The number of sulfonamides is 1. The molecule has 0 spiro atoms. The summed E-state index contributed by atoms with van der Waals surface area (Å²) in [5, 5.41) is 16.7. The van der Waals surface area contributed by atoms with Crippen molar-refractivity contribution >= 4 is 21.4 Å². The van der Waals surface area contributed by atoms with Gasteiger partial charge in [0.1, 0.15) is 5.69 Å². The first-order valence-electron chi connectivity index (χ1n) is 9.22. The molecule has 9 nitrogen and oxygen atoms in total. The summed E-state index contributed by atoms with van der Waals surface area (Å²) in [5.74, 6) is 1.32. The molecule has 2 N–H and O–H groups in total. The molecule has 2 aromatic carbocycles. The lowest BCUT2D eigenvalue weighted by Gasteiger charge is -2.31. The Hall–Kier alpha value is -2.85. The second-order valence-corrected chi connectivity index (χ2v) is 8.12. The van der Waals surface area contributed by atoms with E-state index in [1.54, 1.807) is 0 Å². The fraction of sp³-hybridized carbons (Fsp3) is 0.368. The number of benzene rings is 2. The van der Waals surface area contributed by atoms with E-state index in [9.17, 15) is 18.5 Å². The number of fused-ring (bicyclic) bond motifs is 1. The van der Waals surface area contributed by atoms with Gasteiger partial charge in [-0.15, -0.1) is 0 Å². The predicted octanol–water partition coefficient (Wildman–Crippen LogP) is 2.60. The van der Waals surface area contributed by atoms with Crippen LogP contribution in [0.2, 0.25) is 0 Å². The van der Waals surface area contributed by atoms with Crippen LogP contribution in [-0.2, 0) is 23.0 Å². The Kier molecular flexibility index (Phi) is 5.94. The summed E-state index contributed by atoms with van der Waals surface area (Å²) < 4.78 is 34.5. The monoisotopic (exact) mass is 421 g/mol. The summed E-state index contributed by atoms with van der Waals surface area (Å²) >= 11 is 0. The Bertz CT molecular complexity index is 1040. The molecule has 1 heterocycles. The third-order valence-electron chi connectivity index (χ3n) is 4.69. The SMILES string of the molecule is CCOc1cc2c(cc1OCC)CN(c1ccc(S(N)(=O)=O)cc1[N+](=O)[O-])CC2. The smallest absolute Gasteiger partial charge is 0.293 e. The van der Waals surface area contributed by atoms with Crippen LogP contribution in [0.3, 0.4) is 0 Å². The predicted molar refractivity (Wildman–Crippen MR) is 108 cm³/mol. The summed E-state index contributed by atoms with van der Waals surface area (Å²) in [7, 11) is -4.03. The largest absolute Gasteiger partial charge is 0.490 e. The minimum absolute atomic E-state index is 0.287. The molecule has 1 aliphatic rings. The zero-order chi connectivity index (χ0) is 21.2. The first-order valence-corrected chi connectivity index (χ1v) is 10.8. The number of hydrogen-bond acceptors (Lipinski definition) is 7. The molecule has 0 saturated heterocycles. The molecule has 0 aliphatic carbocycles. The van der Waals surface area contributed by atoms with E-state index in [0.29, 0.717) is 49.9 Å². The van der Waals surface area contributed by atoms with Crippen molar-refractivity contribution in [2.24, 2.45) is 5.14 Å². The van der Waals surface area contributed by atoms with Crippen LogP contribution in [0.1, 0.15) is 25.0 Å². The number of primary sulfonamides is 1. The van der Waals surface area contributed by atoms with Crippen LogP contribution in [0.25, 0.3) is 0 Å². The van der Waals surface area contributed by atoms with E-state index in [1.165, 1.54) is 12.1 Å². The van der Waals surface area contributed by atoms with Gasteiger partial charge in [0.05, 0.1) is 23.0 Å². The van der Waals surface area contributed by atoms with E-state index >= 15 is 0 Å². The van der Waals surface area contributed by atoms with E-state index in [1.807, 2.05) is 30.9 Å². The van der Waals surface area contributed by atoms with Crippen molar-refractivity contribution in [2.75, 3.05) is 24.7 Å². The highest BCUT2D eigenvalue weighted by molar-refractivity contribution is 7.89. The number of nitro benzene ring substituents is 1. The standard InChI is InChI=1S/C19H23N3O6S/c1-3-27-18-9-13-7-8-21(12-14(13)10-19(18)28-4-2)16-6-5-15(29(20,25)26)11-17(16)22(23)24/h5-6,9-11H,3-4,7-8,12H2,1-2H3,(H2,20,25,26). The van der Waals surface area contributed by atoms with E-state index in [4.69, 9.17) is 14.6 Å². The molecule has 10 heteroatoms. The van der Waals surface area contributed by atoms with Crippen LogP contribution in [0, 0.1) is 10.1 Å². The molecule has 1 aliphatic heterocycles. The number of rotatable bonds is 7. The second kappa shape index (κ2) is 8.26. The highest BCUT2D eigenvalue weighted by atomic mass is 32.2. The molecule has 0 aromatic heterocycles. The summed E-state index contributed by atoms with van der Waals surface area (Å²) in [5.41, 5.74) is 2.13. The number of anilines is 1. The molecule has 0 unspecified atom stereocenters. The molecular weight excluding hydrogens is 398 g/mol. The zero-order valence-electron chi connectivity index (χ0n) is 16.3. The van der Waals surface area contributed by atoms with Crippen molar-refractivity contribution in [1.82, 2.24) is 0 Å². The van der Waals surface area contributed by atoms with Gasteiger partial charge in [0.25, 0.3) is 5.69 Å². The number of nitro groups is 1. The highest BCUT2D eigenvalue weighted by Crippen LogP contribution is 2.37. The molecule has 29 heavy (non-hydrogen) atoms. The van der Waals surface area contributed by atoms with E-state index < -0.39 is 14.9 Å². The van der Waals surface area contributed by atoms with Crippen molar-refractivity contribution in [3.8, 4) is 11.5 Å². The molecule has 0 bridgehead atoms. The lowest BCUT2D eigenvalue weighted by molar-refractivity contribution is -0.384. The number of ether oxygens (including phenoxy) is 2. The summed E-state index contributed by atoms with van der Waals surface area (Å²) in [6.45, 7) is 5.77. The van der Waals surface area contributed by atoms with E-state index in [0.717, 1.165) is 17.2 Å². The van der Waals surface area contributed by atoms with Gasteiger partial charge in [0.15, 0.2) is 11.5 Å².